The summed E-state index contributed by atoms with van der Waals surface area (Å²) < 4.78 is 50.8. The number of ether oxygens (including phenoxy) is 1. The van der Waals surface area contributed by atoms with Gasteiger partial charge in [0.25, 0.3) is 11.8 Å². The molecule has 5 N–H and O–H groups in total. The summed E-state index contributed by atoms with van der Waals surface area (Å²) in [5.41, 5.74) is 5.57. The number of fused-ring (bicyclic) bond motifs is 1. The first-order chi connectivity index (χ1) is 22.7. The van der Waals surface area contributed by atoms with E-state index in [0.717, 1.165) is 22.3 Å². The number of nitrogen functional groups attached to an aromatic ring is 1. The number of carbonyl (C=O) groups is 5. The number of thiazole rings is 1. The lowest BCUT2D eigenvalue weighted by molar-refractivity contribution is -0.192. The monoisotopic (exact) mass is 711 g/mol. The second-order valence-electron chi connectivity index (χ2n) is 9.42. The molecular formula is C28H21F4N5O9S2. The Labute approximate surface area is 274 Å². The minimum Gasteiger partial charge on any atom is -0.489 e. The van der Waals surface area contributed by atoms with E-state index >= 15 is 0 Å². The van der Waals surface area contributed by atoms with Crippen molar-refractivity contribution in [1.82, 2.24) is 15.2 Å². The molecule has 252 valence electrons. The number of aromatic nitrogens is 1. The first-order valence-corrected chi connectivity index (χ1v) is 15.0. The molecule has 2 amide bonds. The van der Waals surface area contributed by atoms with E-state index in [4.69, 9.17) is 25.2 Å². The maximum absolute atomic E-state index is 13.5. The zero-order valence-electron chi connectivity index (χ0n) is 23.8. The SMILES string of the molecule is Nc1nc(C(=NOC(=O)c2ccccc2)C(=O)NC2C(=O)N3C(C(=O)O)=C(COc4cccc(F)c4)CS[C@@H]23)cs1.O=C(O)C(F)(F)F. The molecule has 0 bridgehead atoms. The number of aliphatic carboxylic acids is 2. The number of benzene rings is 2. The van der Waals surface area contributed by atoms with Crippen molar-refractivity contribution in [2.24, 2.45) is 5.16 Å². The molecule has 0 radical (unpaired) electrons. The van der Waals surface area contributed by atoms with Crippen molar-refractivity contribution in [3.8, 4) is 5.75 Å². The fraction of sp³-hybridized carbons (Fsp3) is 0.179. The molecule has 3 aromatic rings. The van der Waals surface area contributed by atoms with E-state index in [1.165, 1.54) is 47.5 Å². The second kappa shape index (κ2) is 14.9. The van der Waals surface area contributed by atoms with Gasteiger partial charge in [0.15, 0.2) is 10.8 Å². The standard InChI is InChI=1S/C26H20FN5O7S2.C2HF3O2/c27-15-7-4-8-16(9-15)38-10-14-11-40-23-19(22(34)32(23)20(14)24(35)36)30-21(33)18(17-12-41-26(28)29-17)31-39-25(37)13-5-2-1-3-6-13;3-2(4,5)1(6)7/h1-9,12,19,23H,10-11H2,(H2,28,29)(H,30,33)(H,35,36);(H,6,7)/t19?,23-;/m0./s1. The van der Waals surface area contributed by atoms with E-state index in [2.05, 4.69) is 15.5 Å². The van der Waals surface area contributed by atoms with E-state index in [1.54, 1.807) is 18.2 Å². The summed E-state index contributed by atoms with van der Waals surface area (Å²) in [6.45, 7) is -0.180. The summed E-state index contributed by atoms with van der Waals surface area (Å²) in [5, 5.41) is 24.1. The van der Waals surface area contributed by atoms with Gasteiger partial charge in [0.2, 0.25) is 0 Å². The Morgan fingerprint density at radius 1 is 1.10 bits per heavy atom. The molecule has 2 aliphatic rings. The second-order valence-corrected chi connectivity index (χ2v) is 11.4. The highest BCUT2D eigenvalue weighted by Gasteiger charge is 2.54. The van der Waals surface area contributed by atoms with Gasteiger partial charge in [-0.05, 0) is 24.3 Å². The van der Waals surface area contributed by atoms with Gasteiger partial charge in [-0.2, -0.15) is 13.2 Å². The fourth-order valence-corrected chi connectivity index (χ4v) is 5.92. The Balaban J connectivity index is 0.000000671. The van der Waals surface area contributed by atoms with Crippen LogP contribution < -0.4 is 15.8 Å². The molecule has 20 heteroatoms. The van der Waals surface area contributed by atoms with Gasteiger partial charge in [0, 0.05) is 22.8 Å². The lowest BCUT2D eigenvalue weighted by atomic mass is 10.0. The zero-order valence-corrected chi connectivity index (χ0v) is 25.5. The summed E-state index contributed by atoms with van der Waals surface area (Å²) in [6, 6.07) is 12.3. The largest absolute Gasteiger partial charge is 0.490 e. The van der Waals surface area contributed by atoms with Crippen molar-refractivity contribution in [3.63, 3.8) is 0 Å². The number of nitrogens with zero attached hydrogens (tertiary/aromatic N) is 3. The molecule has 14 nitrogen and oxygen atoms in total. The summed E-state index contributed by atoms with van der Waals surface area (Å²) >= 11 is 2.25. The van der Waals surface area contributed by atoms with Gasteiger partial charge in [-0.25, -0.2) is 23.8 Å². The van der Waals surface area contributed by atoms with Crippen LogP contribution in [0, 0.1) is 5.82 Å². The smallest absolute Gasteiger partial charge is 0.489 e. The van der Waals surface area contributed by atoms with Crippen molar-refractivity contribution in [1.29, 1.82) is 0 Å². The van der Waals surface area contributed by atoms with Gasteiger partial charge in [-0.15, -0.1) is 23.1 Å². The number of hydrogen-bond donors (Lipinski definition) is 4. The minimum absolute atomic E-state index is 0.0219. The van der Waals surface area contributed by atoms with E-state index in [-0.39, 0.29) is 40.2 Å². The number of thioether (sulfide) groups is 1. The summed E-state index contributed by atoms with van der Waals surface area (Å²) in [4.78, 5) is 69.7. The number of oxime groups is 1. The number of alkyl halides is 3. The lowest BCUT2D eigenvalue weighted by Gasteiger charge is -2.49. The van der Waals surface area contributed by atoms with Gasteiger partial charge in [0.1, 0.15) is 41.0 Å². The number of nitrogens with one attached hydrogen (secondary N) is 1. The van der Waals surface area contributed by atoms with Crippen LogP contribution in [0.1, 0.15) is 16.1 Å². The number of nitrogens with two attached hydrogens (primary N) is 1. The van der Waals surface area contributed by atoms with Gasteiger partial charge in [-0.3, -0.25) is 14.5 Å². The van der Waals surface area contributed by atoms with Gasteiger partial charge >= 0.3 is 24.1 Å². The maximum Gasteiger partial charge on any atom is 0.490 e. The Bertz CT molecular complexity index is 1800. The van der Waals surface area contributed by atoms with Crippen LogP contribution in [-0.4, -0.2) is 85.5 Å². The van der Waals surface area contributed by atoms with Gasteiger partial charge in [-0.1, -0.05) is 29.4 Å². The maximum atomic E-state index is 13.5. The van der Waals surface area contributed by atoms with Crippen molar-refractivity contribution in [2.45, 2.75) is 17.6 Å². The molecule has 0 aliphatic carbocycles. The van der Waals surface area contributed by atoms with Gasteiger partial charge < -0.3 is 30.8 Å². The number of hydrogen-bond acceptors (Lipinski definition) is 12. The molecule has 1 saturated heterocycles. The zero-order chi connectivity index (χ0) is 35.2. The van der Waals surface area contributed by atoms with Crippen molar-refractivity contribution < 1.29 is 61.3 Å². The Hall–Kier alpha value is -5.50. The average Bonchev–Trinajstić information content (AvgIpc) is 3.47. The Kier molecular flexibility index (Phi) is 11.0. The number of halogens is 4. The number of β-lactam (4-membered cyclic amide) rings is 1. The van der Waals surface area contributed by atoms with E-state index in [0.29, 0.717) is 5.57 Å². The lowest BCUT2D eigenvalue weighted by Crippen LogP contribution is -2.71. The molecule has 0 spiro atoms. The number of amides is 2. The first-order valence-electron chi connectivity index (χ1n) is 13.1. The van der Waals surface area contributed by atoms with Crippen molar-refractivity contribution >= 4 is 63.7 Å². The molecule has 1 aromatic heterocycles. The Morgan fingerprint density at radius 2 is 1.79 bits per heavy atom. The highest BCUT2D eigenvalue weighted by molar-refractivity contribution is 8.00. The van der Waals surface area contributed by atoms with Crippen LogP contribution in [-0.2, 0) is 24.0 Å². The molecule has 1 unspecified atom stereocenters. The third kappa shape index (κ3) is 8.45. The van der Waals surface area contributed by atoms with Crippen LogP contribution in [0.5, 0.6) is 5.75 Å². The van der Waals surface area contributed by atoms with E-state index in [9.17, 15) is 41.8 Å². The quantitative estimate of drug-likeness (QED) is 0.0830. The summed E-state index contributed by atoms with van der Waals surface area (Å²) in [5.74, 6) is -6.61. The molecule has 0 saturated carbocycles. The van der Waals surface area contributed by atoms with Crippen LogP contribution in [0.3, 0.4) is 0 Å². The van der Waals surface area contributed by atoms with E-state index < -0.39 is 58.8 Å². The molecule has 2 aliphatic heterocycles. The van der Waals surface area contributed by atoms with Crippen LogP contribution in [0.25, 0.3) is 0 Å². The average molecular weight is 712 g/mol. The molecule has 5 rings (SSSR count). The number of carboxylic acid groups (broad SMARTS) is 2. The van der Waals surface area contributed by atoms with Crippen molar-refractivity contribution in [3.05, 3.63) is 88.3 Å². The van der Waals surface area contributed by atoms with Crippen molar-refractivity contribution in [2.75, 3.05) is 18.1 Å². The molecule has 2 aromatic carbocycles. The molecule has 1 fully saturated rings. The first kappa shape index (κ1) is 35.4. The number of carbonyl (C=O) groups excluding carboxylic acids is 3. The number of carboxylic acids is 2. The topological polar surface area (TPSA) is 211 Å². The molecule has 3 heterocycles. The molecule has 2 atom stereocenters. The predicted octanol–water partition coefficient (Wildman–Crippen LogP) is 2.88. The van der Waals surface area contributed by atoms with E-state index in [1.807, 2.05) is 0 Å². The summed E-state index contributed by atoms with van der Waals surface area (Å²) in [7, 11) is 0. The minimum atomic E-state index is -5.08. The third-order valence-electron chi connectivity index (χ3n) is 6.20. The van der Waals surface area contributed by atoms with Crippen LogP contribution in [0.2, 0.25) is 0 Å². The van der Waals surface area contributed by atoms with Crippen LogP contribution in [0.4, 0.5) is 22.7 Å². The number of rotatable bonds is 9. The fourth-order valence-electron chi connectivity index (χ4n) is 4.05. The third-order valence-corrected chi connectivity index (χ3v) is 8.21. The molecule has 48 heavy (non-hydrogen) atoms. The van der Waals surface area contributed by atoms with Crippen LogP contribution >= 0.6 is 23.1 Å². The highest BCUT2D eigenvalue weighted by Crippen LogP contribution is 2.40. The van der Waals surface area contributed by atoms with Crippen LogP contribution in [0.15, 0.2) is 76.4 Å². The number of anilines is 1. The predicted molar refractivity (Wildman–Crippen MR) is 160 cm³/mol. The highest BCUT2D eigenvalue weighted by atomic mass is 32.2. The summed E-state index contributed by atoms with van der Waals surface area (Å²) in [6.07, 6.45) is -5.08. The normalized spacial score (nSPS) is 17.3. The van der Waals surface area contributed by atoms with Gasteiger partial charge in [0.05, 0.1) is 5.56 Å². The molecular weight excluding hydrogens is 690 g/mol. The Morgan fingerprint density at radius 3 is 2.38 bits per heavy atom.